The van der Waals surface area contributed by atoms with Crippen molar-refractivity contribution in [3.8, 4) is 0 Å². The molecule has 0 amide bonds. The number of carbonyl (C=O) groups is 2. The Morgan fingerprint density at radius 3 is 1.79 bits per heavy atom. The van der Waals surface area contributed by atoms with Gasteiger partial charge in [0.1, 0.15) is 6.66 Å². The van der Waals surface area contributed by atoms with E-state index in [0.717, 1.165) is 0 Å². The molecule has 0 aromatic carbocycles. The molecule has 3 N–H and O–H groups in total. The minimum absolute atomic E-state index is 0. The predicted molar refractivity (Wildman–Crippen MR) is 66.4 cm³/mol. The molecule has 0 aliphatic carbocycles. The van der Waals surface area contributed by atoms with Crippen molar-refractivity contribution >= 4 is 20.2 Å². The summed E-state index contributed by atoms with van der Waals surface area (Å²) in [6, 6.07) is 0.174. The maximum absolute atomic E-state index is 10.3. The first kappa shape index (κ1) is 25.2. The molecule has 0 spiro atoms. The zero-order valence-electron chi connectivity index (χ0n) is 12.3. The minimum Gasteiger partial charge on any atom is -0.483 e. The van der Waals surface area contributed by atoms with Crippen LogP contribution in [0.5, 0.6) is 0 Å². The molecule has 3 atom stereocenters. The topological polar surface area (TPSA) is 101 Å². The third-order valence-corrected chi connectivity index (χ3v) is 4.27. The fourth-order valence-corrected chi connectivity index (χ4v) is 3.85. The maximum Gasteiger partial charge on any atom is 0.323 e. The molecule has 1 rings (SSSR count). The van der Waals surface area contributed by atoms with E-state index in [-0.39, 0.29) is 19.1 Å². The van der Waals surface area contributed by atoms with E-state index in [0.29, 0.717) is 0 Å². The van der Waals surface area contributed by atoms with Crippen LogP contribution in [-0.4, -0.2) is 56.4 Å². The molecule has 0 radical (unpaired) electrons. The Morgan fingerprint density at radius 2 is 1.63 bits per heavy atom. The van der Waals surface area contributed by atoms with E-state index in [1.165, 1.54) is 4.78 Å². The van der Waals surface area contributed by atoms with Crippen LogP contribution in [0.2, 0.25) is 0 Å². The van der Waals surface area contributed by atoms with Crippen molar-refractivity contribution in [2.24, 2.45) is 0 Å². The van der Waals surface area contributed by atoms with Crippen molar-refractivity contribution in [2.75, 3.05) is 13.2 Å². The van der Waals surface area contributed by atoms with Gasteiger partial charge in [0.05, 0.1) is 6.04 Å². The Hall–Kier alpha value is -2.75. The van der Waals surface area contributed by atoms with Crippen LogP contribution in [-0.2, 0) is 9.59 Å². The molecule has 1 saturated heterocycles. The summed E-state index contributed by atoms with van der Waals surface area (Å²) in [7, 11) is -2.18. The predicted octanol–water partition coefficient (Wildman–Crippen LogP) is 1.12. The Morgan fingerprint density at radius 1 is 1.32 bits per heavy atom. The molecular formula is C9H22N2O5PRf2+. The number of rotatable bonds is 3. The molecule has 0 aromatic rings. The van der Waals surface area contributed by atoms with E-state index in [9.17, 15) is 9.69 Å². The number of hydrogen-bond donors (Lipinski definition) is 3. The van der Waals surface area contributed by atoms with Crippen LogP contribution < -0.4 is 0 Å². The van der Waals surface area contributed by atoms with Crippen LogP contribution in [0.1, 0.15) is 27.7 Å². The molecule has 3 unspecified atom stereocenters. The van der Waals surface area contributed by atoms with Crippen LogP contribution in [0.4, 0.5) is 0 Å². The maximum atomic E-state index is 10.3. The van der Waals surface area contributed by atoms with Crippen molar-refractivity contribution in [3.63, 3.8) is 0 Å². The van der Waals surface area contributed by atoms with Crippen molar-refractivity contribution in [3.05, 3.63) is 0 Å². The van der Waals surface area contributed by atoms with Crippen LogP contribution in [0.25, 0.3) is 0 Å². The SMILES string of the molecule is CC.CC(C)N1N(CC(=O)O)[P+]1(C)O.O=CO.[Rf].[Rf]. The third kappa shape index (κ3) is 7.23. The summed E-state index contributed by atoms with van der Waals surface area (Å²) in [6.45, 7) is 9.20. The van der Waals surface area contributed by atoms with E-state index < -0.39 is 13.8 Å². The number of hydrogen-bond acceptors (Lipinski definition) is 5. The molecule has 1 heterocycles. The fraction of sp³-hybridized carbons (Fsp3) is 0.778. The quantitative estimate of drug-likeness (QED) is 0.224. The van der Waals surface area contributed by atoms with Gasteiger partial charge >= 0.3 is 13.8 Å². The number of nitrogens with zero attached hydrogens (tertiary/aromatic N) is 2. The van der Waals surface area contributed by atoms with Gasteiger partial charge in [-0.05, 0) is 23.4 Å². The molecule has 0 aromatic heterocycles. The van der Waals surface area contributed by atoms with Gasteiger partial charge in [-0.15, -0.1) is 0 Å². The van der Waals surface area contributed by atoms with E-state index in [4.69, 9.17) is 15.0 Å². The first-order chi connectivity index (χ1) is 7.78. The van der Waals surface area contributed by atoms with Crippen LogP contribution >= 0.6 is 7.79 Å². The van der Waals surface area contributed by atoms with Gasteiger partial charge in [0.15, 0.2) is 6.54 Å². The molecule has 106 valence electrons. The monoisotopic (exact) mass is 803 g/mol. The summed E-state index contributed by atoms with van der Waals surface area (Å²) in [4.78, 5) is 28.4. The van der Waals surface area contributed by atoms with Crippen molar-refractivity contribution < 1.29 is 24.7 Å². The summed E-state index contributed by atoms with van der Waals surface area (Å²) in [5.41, 5.74) is 0. The van der Waals surface area contributed by atoms with E-state index in [2.05, 4.69) is 0 Å². The molecule has 0 bridgehead atoms. The normalized spacial score (nSPS) is 26.3. The van der Waals surface area contributed by atoms with E-state index in [1.807, 2.05) is 27.7 Å². The van der Waals surface area contributed by atoms with Crippen molar-refractivity contribution in [2.45, 2.75) is 33.7 Å². The first-order valence-electron chi connectivity index (χ1n) is 5.25. The second kappa shape index (κ2) is 10.4. The van der Waals surface area contributed by atoms with E-state index >= 15 is 0 Å². The van der Waals surface area contributed by atoms with Crippen molar-refractivity contribution in [1.29, 1.82) is 0 Å². The molecule has 10 heteroatoms. The average molecular weight is 803 g/mol. The zero-order valence-corrected chi connectivity index (χ0v) is 26.0. The molecule has 1 aliphatic heterocycles. The smallest absolute Gasteiger partial charge is 0.323 e. The first-order valence-corrected chi connectivity index (χ1v) is 7.35. The summed E-state index contributed by atoms with van der Waals surface area (Å²) in [5, 5.41) is 15.4. The van der Waals surface area contributed by atoms with Gasteiger partial charge in [-0.3, -0.25) is 9.59 Å². The van der Waals surface area contributed by atoms with Gasteiger partial charge in [0, 0.05) is 0 Å². The molecule has 1 aliphatic rings. The van der Waals surface area contributed by atoms with Crippen LogP contribution in [0.3, 0.4) is 0 Å². The Balaban J connectivity index is -0.000000142. The standard InChI is InChI=1S/C6H13N2O3P.C2H6.CH2O2.2Rf/c1-5(2)8-7(4-6(9)10)12(8,3)11;1-2;2-1-3;;/h5,11H,4H2,1-3H3;1-2H3;1H,(H,2,3);;/p+1. The van der Waals surface area contributed by atoms with Gasteiger partial charge in [-0.1, -0.05) is 13.8 Å². The van der Waals surface area contributed by atoms with Gasteiger partial charge in [0.25, 0.3) is 6.47 Å². The number of carboxylic acids is 1. The molecule has 0 saturated carbocycles. The van der Waals surface area contributed by atoms with Crippen LogP contribution in [0.15, 0.2) is 0 Å². The Kier molecular flexibility index (Phi) is 13.8. The Labute approximate surface area is 102 Å². The fourth-order valence-electron chi connectivity index (χ4n) is 1.34. The summed E-state index contributed by atoms with van der Waals surface area (Å²) in [5.74, 6) is -0.904. The van der Waals surface area contributed by atoms with E-state index in [1.54, 1.807) is 11.4 Å². The average Bonchev–Trinajstić information content (AvgIpc) is 2.71. The summed E-state index contributed by atoms with van der Waals surface area (Å²) in [6.07, 6.45) is 0. The number of aliphatic carboxylic acids is 1. The second-order valence-electron chi connectivity index (χ2n) is 3.31. The van der Waals surface area contributed by atoms with Crippen LogP contribution in [0, 0.1) is 0 Å². The number of hydrazine groups is 1. The molecular weight excluding hydrogens is 781 g/mol. The zero-order chi connectivity index (χ0) is 14.2. The number of carboxylic acid groups (broad SMARTS) is 2. The summed E-state index contributed by atoms with van der Waals surface area (Å²) >= 11 is 0. The minimum atomic E-state index is -2.18. The molecule has 19 heavy (non-hydrogen) atoms. The molecule has 7 nitrogen and oxygen atoms in total. The Bertz CT molecular complexity index is 257. The van der Waals surface area contributed by atoms with Gasteiger partial charge in [0.2, 0.25) is 0 Å². The largest absolute Gasteiger partial charge is 0.483 e. The second-order valence-corrected chi connectivity index (χ2v) is 5.92. The van der Waals surface area contributed by atoms with Gasteiger partial charge < -0.3 is 10.2 Å². The third-order valence-electron chi connectivity index (χ3n) is 1.77. The van der Waals surface area contributed by atoms with Crippen molar-refractivity contribution in [1.82, 2.24) is 9.56 Å². The van der Waals surface area contributed by atoms with Gasteiger partial charge in [-0.25, -0.2) is 4.89 Å². The summed E-state index contributed by atoms with van der Waals surface area (Å²) < 4.78 is 3.26. The van der Waals surface area contributed by atoms with Gasteiger partial charge in [-0.2, -0.15) is 0 Å². The molecule has 1 fully saturated rings.